The van der Waals surface area contributed by atoms with E-state index in [1.54, 1.807) is 9.58 Å². The molecule has 6 nitrogen and oxygen atoms in total. The van der Waals surface area contributed by atoms with Crippen LogP contribution in [0.3, 0.4) is 0 Å². The summed E-state index contributed by atoms with van der Waals surface area (Å²) in [6.07, 6.45) is 3.72. The first-order valence-corrected chi connectivity index (χ1v) is 7.12. The largest absolute Gasteiger partial charge is 0.481 e. The number of piperidine rings is 1. The highest BCUT2D eigenvalue weighted by molar-refractivity contribution is 5.92. The van der Waals surface area contributed by atoms with Gasteiger partial charge in [0, 0.05) is 31.7 Å². The van der Waals surface area contributed by atoms with Gasteiger partial charge in [-0.15, -0.1) is 0 Å². The Hall–Kier alpha value is -1.85. The van der Waals surface area contributed by atoms with E-state index in [1.165, 1.54) is 0 Å². The van der Waals surface area contributed by atoms with Gasteiger partial charge >= 0.3 is 5.97 Å². The van der Waals surface area contributed by atoms with Crippen LogP contribution in [0.2, 0.25) is 0 Å². The molecular formula is C14H19N3O3. The topological polar surface area (TPSA) is 75.4 Å². The number of aryl methyl sites for hydroxylation is 1. The van der Waals surface area contributed by atoms with E-state index in [0.29, 0.717) is 31.1 Å². The molecular weight excluding hydrogens is 258 g/mol. The zero-order valence-electron chi connectivity index (χ0n) is 11.6. The summed E-state index contributed by atoms with van der Waals surface area (Å²) in [4.78, 5) is 25.1. The Morgan fingerprint density at radius 1 is 1.35 bits per heavy atom. The summed E-state index contributed by atoms with van der Waals surface area (Å²) in [7, 11) is 1.86. The summed E-state index contributed by atoms with van der Waals surface area (Å²) in [6.45, 7) is 0.918. The fourth-order valence-corrected chi connectivity index (χ4v) is 2.87. The van der Waals surface area contributed by atoms with Crippen LogP contribution in [0.1, 0.15) is 47.8 Å². The monoisotopic (exact) mass is 277 g/mol. The first-order chi connectivity index (χ1) is 9.56. The molecule has 1 saturated heterocycles. The molecule has 3 rings (SSSR count). The fraction of sp³-hybridized carbons (Fsp3) is 0.643. The van der Waals surface area contributed by atoms with Gasteiger partial charge in [-0.3, -0.25) is 14.3 Å². The molecule has 1 atom stereocenters. The number of hydrogen-bond donors (Lipinski definition) is 1. The van der Waals surface area contributed by atoms with Crippen molar-refractivity contribution in [1.29, 1.82) is 0 Å². The SMILES string of the molecule is Cn1nc(C(=O)N2CCCC(C(=O)O)C2)cc1C1CC1. The minimum absolute atomic E-state index is 0.140. The molecule has 0 aromatic carbocycles. The van der Waals surface area contributed by atoms with Gasteiger partial charge in [-0.2, -0.15) is 5.10 Å². The molecule has 1 aromatic rings. The number of carboxylic acid groups (broad SMARTS) is 1. The first-order valence-electron chi connectivity index (χ1n) is 7.12. The van der Waals surface area contributed by atoms with Crippen LogP contribution in [0.15, 0.2) is 6.07 Å². The normalized spacial score (nSPS) is 22.9. The van der Waals surface area contributed by atoms with Crippen LogP contribution in [0.25, 0.3) is 0 Å². The molecule has 1 aliphatic carbocycles. The van der Waals surface area contributed by atoms with E-state index in [4.69, 9.17) is 5.11 Å². The summed E-state index contributed by atoms with van der Waals surface area (Å²) in [6, 6.07) is 1.87. The zero-order chi connectivity index (χ0) is 14.3. The van der Waals surface area contributed by atoms with Gasteiger partial charge in [-0.1, -0.05) is 0 Å². The quantitative estimate of drug-likeness (QED) is 0.901. The van der Waals surface area contributed by atoms with E-state index in [2.05, 4.69) is 5.10 Å². The van der Waals surface area contributed by atoms with Crippen LogP contribution in [-0.4, -0.2) is 44.8 Å². The third kappa shape index (κ3) is 2.42. The van der Waals surface area contributed by atoms with Crippen molar-refractivity contribution in [2.75, 3.05) is 13.1 Å². The van der Waals surface area contributed by atoms with E-state index in [9.17, 15) is 9.59 Å². The smallest absolute Gasteiger partial charge is 0.308 e. The predicted octanol–water partition coefficient (Wildman–Crippen LogP) is 1.23. The molecule has 0 bridgehead atoms. The highest BCUT2D eigenvalue weighted by atomic mass is 16.4. The molecule has 1 N–H and O–H groups in total. The van der Waals surface area contributed by atoms with Crippen molar-refractivity contribution in [2.45, 2.75) is 31.6 Å². The molecule has 0 spiro atoms. The Bertz CT molecular complexity index is 548. The fourth-order valence-electron chi connectivity index (χ4n) is 2.87. The summed E-state index contributed by atoms with van der Waals surface area (Å²) in [5.41, 5.74) is 1.56. The molecule has 108 valence electrons. The van der Waals surface area contributed by atoms with Gasteiger partial charge in [0.05, 0.1) is 5.92 Å². The molecule has 20 heavy (non-hydrogen) atoms. The Balaban J connectivity index is 1.74. The van der Waals surface area contributed by atoms with Crippen LogP contribution in [0, 0.1) is 5.92 Å². The maximum absolute atomic E-state index is 12.4. The molecule has 2 aliphatic rings. The van der Waals surface area contributed by atoms with E-state index < -0.39 is 11.9 Å². The van der Waals surface area contributed by atoms with Crippen LogP contribution in [0.5, 0.6) is 0 Å². The number of rotatable bonds is 3. The molecule has 2 fully saturated rings. The molecule has 2 heterocycles. The lowest BCUT2D eigenvalue weighted by atomic mass is 9.98. The number of hydrogen-bond acceptors (Lipinski definition) is 3. The van der Waals surface area contributed by atoms with Crippen molar-refractivity contribution in [3.8, 4) is 0 Å². The minimum Gasteiger partial charge on any atom is -0.481 e. The van der Waals surface area contributed by atoms with Gasteiger partial charge in [0.15, 0.2) is 5.69 Å². The van der Waals surface area contributed by atoms with E-state index >= 15 is 0 Å². The predicted molar refractivity (Wildman–Crippen MR) is 71.4 cm³/mol. The van der Waals surface area contributed by atoms with Crippen molar-refractivity contribution >= 4 is 11.9 Å². The maximum atomic E-state index is 12.4. The zero-order valence-corrected chi connectivity index (χ0v) is 11.6. The second-order valence-electron chi connectivity index (χ2n) is 5.78. The van der Waals surface area contributed by atoms with Crippen molar-refractivity contribution in [3.63, 3.8) is 0 Å². The Labute approximate surface area is 117 Å². The molecule has 1 aliphatic heterocycles. The molecule has 1 saturated carbocycles. The number of carboxylic acids is 1. The summed E-state index contributed by atoms with van der Waals surface area (Å²) in [5.74, 6) is -0.859. The summed E-state index contributed by atoms with van der Waals surface area (Å²) < 4.78 is 1.78. The van der Waals surface area contributed by atoms with Crippen molar-refractivity contribution in [1.82, 2.24) is 14.7 Å². The van der Waals surface area contributed by atoms with Gasteiger partial charge in [-0.05, 0) is 31.7 Å². The van der Waals surface area contributed by atoms with Crippen molar-refractivity contribution in [3.05, 3.63) is 17.5 Å². The number of likely N-dealkylation sites (tertiary alicyclic amines) is 1. The van der Waals surface area contributed by atoms with Gasteiger partial charge in [0.2, 0.25) is 0 Å². The third-order valence-electron chi connectivity index (χ3n) is 4.19. The lowest BCUT2D eigenvalue weighted by Crippen LogP contribution is -2.42. The lowest BCUT2D eigenvalue weighted by Gasteiger charge is -2.30. The highest BCUT2D eigenvalue weighted by Gasteiger charge is 2.32. The highest BCUT2D eigenvalue weighted by Crippen LogP contribution is 2.40. The number of carbonyl (C=O) groups is 2. The van der Waals surface area contributed by atoms with Gasteiger partial charge < -0.3 is 10.0 Å². The molecule has 1 aromatic heterocycles. The summed E-state index contributed by atoms with van der Waals surface area (Å²) >= 11 is 0. The molecule has 0 radical (unpaired) electrons. The Morgan fingerprint density at radius 3 is 2.75 bits per heavy atom. The number of nitrogens with zero attached hydrogens (tertiary/aromatic N) is 3. The number of amides is 1. The number of carbonyl (C=O) groups excluding carboxylic acids is 1. The summed E-state index contributed by atoms with van der Waals surface area (Å²) in [5, 5.41) is 13.4. The third-order valence-corrected chi connectivity index (χ3v) is 4.19. The van der Waals surface area contributed by atoms with E-state index in [0.717, 1.165) is 25.0 Å². The average Bonchev–Trinajstić information content (AvgIpc) is 3.21. The van der Waals surface area contributed by atoms with E-state index in [-0.39, 0.29) is 5.91 Å². The van der Waals surface area contributed by atoms with Crippen molar-refractivity contribution in [2.24, 2.45) is 13.0 Å². The number of aliphatic carboxylic acids is 1. The second kappa shape index (κ2) is 4.92. The second-order valence-corrected chi connectivity index (χ2v) is 5.78. The van der Waals surface area contributed by atoms with Crippen LogP contribution in [-0.2, 0) is 11.8 Å². The van der Waals surface area contributed by atoms with Crippen LogP contribution >= 0.6 is 0 Å². The average molecular weight is 277 g/mol. The van der Waals surface area contributed by atoms with Gasteiger partial charge in [-0.25, -0.2) is 0 Å². The lowest BCUT2D eigenvalue weighted by molar-refractivity contribution is -0.143. The van der Waals surface area contributed by atoms with Crippen LogP contribution < -0.4 is 0 Å². The van der Waals surface area contributed by atoms with Gasteiger partial charge in [0.25, 0.3) is 5.91 Å². The minimum atomic E-state index is -0.817. The van der Waals surface area contributed by atoms with Crippen molar-refractivity contribution < 1.29 is 14.7 Å². The number of aromatic nitrogens is 2. The maximum Gasteiger partial charge on any atom is 0.308 e. The molecule has 6 heteroatoms. The van der Waals surface area contributed by atoms with Crippen LogP contribution in [0.4, 0.5) is 0 Å². The van der Waals surface area contributed by atoms with E-state index in [1.807, 2.05) is 13.1 Å². The molecule has 1 unspecified atom stereocenters. The first kappa shape index (κ1) is 13.1. The Morgan fingerprint density at radius 2 is 2.10 bits per heavy atom. The Kier molecular flexibility index (Phi) is 3.23. The standard InChI is InChI=1S/C14H19N3O3/c1-16-12(9-4-5-9)7-11(15-16)13(18)17-6-2-3-10(8-17)14(19)20/h7,9-10H,2-6,8H2,1H3,(H,19,20). The molecule has 1 amide bonds. The van der Waals surface area contributed by atoms with Gasteiger partial charge in [0.1, 0.15) is 0 Å².